The van der Waals surface area contributed by atoms with Gasteiger partial charge in [-0.2, -0.15) is 0 Å². The molecule has 4 nitrogen and oxygen atoms in total. The highest BCUT2D eigenvalue weighted by Gasteiger charge is 2.24. The molecule has 0 aliphatic carbocycles. The summed E-state index contributed by atoms with van der Waals surface area (Å²) in [5.74, 6) is -0.159. The maximum atomic E-state index is 12.3. The summed E-state index contributed by atoms with van der Waals surface area (Å²) in [6.45, 7) is 4.00. The molecular formula is C18H13Br3N2O2S. The average Bonchev–Trinajstić information content (AvgIpc) is 2.89. The number of amides is 1. The van der Waals surface area contributed by atoms with Crippen LogP contribution in [0.25, 0.3) is 6.08 Å². The Balaban J connectivity index is 1.92. The number of phenolic OH excluding ortho intramolecular Hbond substituents is 1. The Kier molecular flexibility index (Phi) is 5.96. The molecule has 8 heteroatoms. The number of thioether (sulfide) groups is 1. The quantitative estimate of drug-likeness (QED) is 0.431. The highest BCUT2D eigenvalue weighted by Crippen LogP contribution is 2.36. The van der Waals surface area contributed by atoms with Gasteiger partial charge in [-0.05, 0) is 83.0 Å². The van der Waals surface area contributed by atoms with E-state index in [4.69, 9.17) is 0 Å². The summed E-state index contributed by atoms with van der Waals surface area (Å²) in [6, 6.07) is 7.40. The number of halogens is 3. The van der Waals surface area contributed by atoms with E-state index in [0.29, 0.717) is 20.1 Å². The van der Waals surface area contributed by atoms with Crippen LogP contribution >= 0.6 is 59.6 Å². The molecule has 134 valence electrons. The number of aryl methyl sites for hydroxylation is 2. The lowest BCUT2D eigenvalue weighted by molar-refractivity contribution is -0.115. The van der Waals surface area contributed by atoms with Crippen molar-refractivity contribution < 1.29 is 9.90 Å². The van der Waals surface area contributed by atoms with Gasteiger partial charge < -0.3 is 10.4 Å². The third kappa shape index (κ3) is 4.24. The van der Waals surface area contributed by atoms with Gasteiger partial charge in [-0.3, -0.25) is 4.79 Å². The number of nitrogens with zero attached hydrogens (tertiary/aromatic N) is 1. The van der Waals surface area contributed by atoms with Crippen LogP contribution in [0.2, 0.25) is 0 Å². The molecule has 1 amide bonds. The lowest BCUT2D eigenvalue weighted by Crippen LogP contribution is -2.19. The van der Waals surface area contributed by atoms with Crippen molar-refractivity contribution in [2.45, 2.75) is 13.8 Å². The first-order valence-corrected chi connectivity index (χ1v) is 10.7. The first-order chi connectivity index (χ1) is 12.2. The minimum absolute atomic E-state index is 0.0821. The summed E-state index contributed by atoms with van der Waals surface area (Å²) in [7, 11) is 0. The maximum Gasteiger partial charge on any atom is 0.264 e. The summed E-state index contributed by atoms with van der Waals surface area (Å²) in [5, 5.41) is 13.4. The van der Waals surface area contributed by atoms with E-state index in [9.17, 15) is 9.90 Å². The molecule has 0 aromatic heterocycles. The number of rotatable bonds is 2. The number of aromatic hydroxyl groups is 1. The van der Waals surface area contributed by atoms with E-state index in [1.165, 1.54) is 11.8 Å². The lowest BCUT2D eigenvalue weighted by atomic mass is 10.1. The maximum absolute atomic E-state index is 12.3. The number of nitrogens with one attached hydrogen (secondary N) is 1. The van der Waals surface area contributed by atoms with E-state index in [2.05, 4.69) is 58.1 Å². The fourth-order valence-electron chi connectivity index (χ4n) is 2.42. The van der Waals surface area contributed by atoms with Crippen LogP contribution in [-0.2, 0) is 4.79 Å². The number of phenols is 1. The summed E-state index contributed by atoms with van der Waals surface area (Å²) in [6.07, 6.45) is 1.64. The van der Waals surface area contributed by atoms with E-state index >= 15 is 0 Å². The highest BCUT2D eigenvalue weighted by molar-refractivity contribution is 9.11. The molecule has 0 radical (unpaired) electrons. The second-order valence-corrected chi connectivity index (χ2v) is 9.29. The Morgan fingerprint density at radius 1 is 1.12 bits per heavy atom. The van der Waals surface area contributed by atoms with Gasteiger partial charge in [0, 0.05) is 14.5 Å². The zero-order valence-corrected chi connectivity index (χ0v) is 19.3. The van der Waals surface area contributed by atoms with Crippen LogP contribution in [0.3, 0.4) is 0 Å². The topological polar surface area (TPSA) is 61.7 Å². The lowest BCUT2D eigenvalue weighted by Gasteiger charge is -2.05. The summed E-state index contributed by atoms with van der Waals surface area (Å²) in [5.41, 5.74) is 3.48. The van der Waals surface area contributed by atoms with Crippen molar-refractivity contribution in [2.24, 2.45) is 4.99 Å². The largest absolute Gasteiger partial charge is 0.506 e. The fraction of sp³-hybridized carbons (Fsp3) is 0.111. The third-order valence-electron chi connectivity index (χ3n) is 3.65. The SMILES string of the molecule is Cc1cc(N=C2NC(=O)/C(=C/c3cc(Br)cc(Br)c3O)S2)cc(C)c1Br. The van der Waals surface area contributed by atoms with Crippen LogP contribution in [0.5, 0.6) is 5.75 Å². The predicted molar refractivity (Wildman–Crippen MR) is 118 cm³/mol. The van der Waals surface area contributed by atoms with Crippen molar-refractivity contribution in [3.8, 4) is 5.75 Å². The molecule has 2 aromatic rings. The summed E-state index contributed by atoms with van der Waals surface area (Å²) in [4.78, 5) is 17.2. The smallest absolute Gasteiger partial charge is 0.264 e. The van der Waals surface area contributed by atoms with Gasteiger partial charge in [0.25, 0.3) is 5.91 Å². The van der Waals surface area contributed by atoms with Crippen LogP contribution in [0, 0.1) is 13.8 Å². The zero-order chi connectivity index (χ0) is 19.0. The highest BCUT2D eigenvalue weighted by atomic mass is 79.9. The second kappa shape index (κ2) is 7.88. The predicted octanol–water partition coefficient (Wildman–Crippen LogP) is 6.19. The van der Waals surface area contributed by atoms with Gasteiger partial charge in [0.2, 0.25) is 0 Å². The molecule has 1 aliphatic heterocycles. The number of carbonyl (C=O) groups is 1. The number of hydrogen-bond donors (Lipinski definition) is 2. The fourth-order valence-corrected chi connectivity index (χ4v) is 4.74. The van der Waals surface area contributed by atoms with Crippen LogP contribution in [0.4, 0.5) is 5.69 Å². The minimum Gasteiger partial charge on any atom is -0.506 e. The summed E-state index contributed by atoms with van der Waals surface area (Å²) < 4.78 is 2.41. The van der Waals surface area contributed by atoms with Gasteiger partial charge in [-0.1, -0.05) is 31.9 Å². The van der Waals surface area contributed by atoms with Crippen molar-refractivity contribution in [3.63, 3.8) is 0 Å². The normalized spacial score (nSPS) is 17.2. The molecule has 0 saturated carbocycles. The zero-order valence-electron chi connectivity index (χ0n) is 13.7. The van der Waals surface area contributed by atoms with Gasteiger partial charge in [-0.25, -0.2) is 4.99 Å². The van der Waals surface area contributed by atoms with Crippen LogP contribution in [-0.4, -0.2) is 16.2 Å². The molecule has 2 N–H and O–H groups in total. The molecule has 0 atom stereocenters. The van der Waals surface area contributed by atoms with Crippen molar-refractivity contribution in [1.82, 2.24) is 5.32 Å². The molecule has 0 spiro atoms. The molecule has 26 heavy (non-hydrogen) atoms. The Morgan fingerprint density at radius 2 is 1.77 bits per heavy atom. The number of amidine groups is 1. The molecule has 3 rings (SSSR count). The van der Waals surface area contributed by atoms with Gasteiger partial charge >= 0.3 is 0 Å². The van der Waals surface area contributed by atoms with Gasteiger partial charge in [0.05, 0.1) is 15.1 Å². The molecule has 0 bridgehead atoms. The van der Waals surface area contributed by atoms with E-state index in [1.807, 2.05) is 26.0 Å². The van der Waals surface area contributed by atoms with Crippen molar-refractivity contribution in [3.05, 3.63) is 59.3 Å². The number of carbonyl (C=O) groups excluding carboxylic acids is 1. The molecule has 1 aliphatic rings. The van der Waals surface area contributed by atoms with Crippen molar-refractivity contribution >= 4 is 82.4 Å². The van der Waals surface area contributed by atoms with Crippen LogP contribution in [0.15, 0.2) is 47.6 Å². The van der Waals surface area contributed by atoms with E-state index in [0.717, 1.165) is 25.8 Å². The Morgan fingerprint density at radius 3 is 2.42 bits per heavy atom. The van der Waals surface area contributed by atoms with E-state index < -0.39 is 0 Å². The Hall–Kier alpha value is -1.09. The Labute approximate surface area is 180 Å². The molecule has 0 unspecified atom stereocenters. The third-order valence-corrected chi connectivity index (χ3v) is 6.87. The first-order valence-electron chi connectivity index (χ1n) is 7.49. The molecular weight excluding hydrogens is 548 g/mol. The van der Waals surface area contributed by atoms with Gasteiger partial charge in [-0.15, -0.1) is 0 Å². The van der Waals surface area contributed by atoms with Gasteiger partial charge in [0.15, 0.2) is 5.17 Å². The standard InChI is InChI=1S/C18H13Br3N2O2S/c1-8-3-12(4-9(2)15(8)21)22-18-23-17(25)14(26-18)6-10-5-11(19)7-13(20)16(10)24/h3-7,24H,1-2H3,(H,22,23,25)/b14-6-. The van der Waals surface area contributed by atoms with Crippen LogP contribution in [0.1, 0.15) is 16.7 Å². The first kappa shape index (κ1) is 19.7. The monoisotopic (exact) mass is 558 g/mol. The molecule has 1 saturated heterocycles. The second-order valence-electron chi connectivity index (χ2n) is 5.70. The average molecular weight is 561 g/mol. The Bertz CT molecular complexity index is 964. The molecule has 1 heterocycles. The number of hydrogen-bond acceptors (Lipinski definition) is 4. The minimum atomic E-state index is -0.241. The molecule has 1 fully saturated rings. The van der Waals surface area contributed by atoms with Crippen molar-refractivity contribution in [1.29, 1.82) is 0 Å². The number of benzene rings is 2. The van der Waals surface area contributed by atoms with E-state index in [-0.39, 0.29) is 11.7 Å². The van der Waals surface area contributed by atoms with E-state index in [1.54, 1.807) is 18.2 Å². The van der Waals surface area contributed by atoms with Crippen LogP contribution < -0.4 is 5.32 Å². The molecule has 2 aromatic carbocycles. The van der Waals surface area contributed by atoms with Crippen molar-refractivity contribution in [2.75, 3.05) is 0 Å². The number of aliphatic imine (C=N–C) groups is 1. The van der Waals surface area contributed by atoms with Gasteiger partial charge in [0.1, 0.15) is 5.75 Å². The summed E-state index contributed by atoms with van der Waals surface area (Å²) >= 11 is 11.5.